The van der Waals surface area contributed by atoms with Crippen molar-refractivity contribution in [3.63, 3.8) is 0 Å². The molecule has 0 atom stereocenters. The van der Waals surface area contributed by atoms with Crippen LogP contribution in [-0.2, 0) is 0 Å². The van der Waals surface area contributed by atoms with E-state index in [1.54, 1.807) is 11.3 Å². The number of rotatable bonds is 7. The van der Waals surface area contributed by atoms with E-state index < -0.39 is 0 Å². The lowest BCUT2D eigenvalue weighted by Gasteiger charge is -2.18. The summed E-state index contributed by atoms with van der Waals surface area (Å²) in [5.41, 5.74) is 17.7. The Morgan fingerprint density at radius 1 is 0.237 bits per heavy atom. The van der Waals surface area contributed by atoms with Gasteiger partial charge in [-0.3, -0.25) is 9.13 Å². The second-order valence-electron chi connectivity index (χ2n) is 30.1. The topological polar surface area (TPSA) is 84.4 Å². The molecule has 18 aromatic carbocycles. The highest BCUT2D eigenvalue weighted by molar-refractivity contribution is 7.26. The molecule has 0 amide bonds. The first kappa shape index (κ1) is 61.7. The molecule has 0 aliphatic heterocycles. The van der Waals surface area contributed by atoms with Gasteiger partial charge >= 0.3 is 0 Å². The van der Waals surface area contributed by atoms with Gasteiger partial charge in [0.05, 0.1) is 54.4 Å². The molecule has 114 heavy (non-hydrogen) atoms. The molecule has 0 radical (unpaired) electrons. The summed E-state index contributed by atoms with van der Waals surface area (Å²) in [7, 11) is 0. The molecule has 0 fully saturated rings. The van der Waals surface area contributed by atoms with E-state index in [4.69, 9.17) is 24.4 Å². The number of fused-ring (bicyclic) bond motifs is 36. The van der Waals surface area contributed by atoms with Gasteiger partial charge in [-0.1, -0.05) is 279 Å². The summed E-state index contributed by atoms with van der Waals surface area (Å²) < 4.78 is 19.2. The zero-order valence-electron chi connectivity index (χ0n) is 60.9. The Morgan fingerprint density at radius 2 is 0.605 bits per heavy atom. The van der Waals surface area contributed by atoms with Crippen molar-refractivity contribution in [2.24, 2.45) is 0 Å². The zero-order valence-corrected chi connectivity index (χ0v) is 61.7. The van der Waals surface area contributed by atoms with E-state index in [1.165, 1.54) is 53.9 Å². The highest BCUT2D eigenvalue weighted by atomic mass is 32.1. The maximum Gasteiger partial charge on any atom is 0.197 e. The van der Waals surface area contributed by atoms with Gasteiger partial charge in [0.1, 0.15) is 11.1 Å². The number of furan rings is 1. The van der Waals surface area contributed by atoms with Crippen molar-refractivity contribution in [1.29, 1.82) is 0 Å². The third-order valence-corrected chi connectivity index (χ3v) is 25.4. The van der Waals surface area contributed by atoms with Gasteiger partial charge in [0.2, 0.25) is 0 Å². The summed E-state index contributed by atoms with van der Waals surface area (Å²) >= 11 is 1.77. The number of benzene rings is 18. The highest BCUT2D eigenvalue weighted by Crippen LogP contribution is 2.56. The zero-order chi connectivity index (χ0) is 74.1. The molecule has 26 aromatic rings. The summed E-state index contributed by atoms with van der Waals surface area (Å²) in [6, 6.07) is 128. The standard InChI is InChI=1S/C104H58N8OS/c1-4-30-59(31-5-1)101-105-93-75-48-20-26-56-82(75)113-99(93)103(107-101)111-80-54-24-18-46-73(80)91-87-70-43-15-14-42-69(70)84-64(50-29-51-77(84)88(87)92-72-45-17-23-53-79(72)110(96(92)97(91)111)63-36-8-3-9-37-63)60-32-28-33-61(58-60)102-106-94-76-49-21-27-57-83(76)114-100(94)104(108-102)112-81-55-25-19-47-74(81)90-86-68-41-13-11-39-66(68)65-38-10-12-40-67(65)85(86)89-71-44-16-22-52-78(71)109(95(89)98(90)112)62-34-6-2-7-35-62/h1-58H. The Balaban J connectivity index is 0.776. The molecule has 10 heteroatoms. The van der Waals surface area contributed by atoms with Crippen LogP contribution < -0.4 is 0 Å². The molecule has 0 N–H and O–H groups in total. The predicted octanol–water partition coefficient (Wildman–Crippen LogP) is 27.8. The van der Waals surface area contributed by atoms with E-state index in [1.807, 2.05) is 18.2 Å². The van der Waals surface area contributed by atoms with E-state index in [0.717, 1.165) is 174 Å². The van der Waals surface area contributed by atoms with Gasteiger partial charge in [0.15, 0.2) is 28.9 Å². The minimum Gasteiger partial charge on any atom is -0.450 e. The molecule has 8 aromatic heterocycles. The van der Waals surface area contributed by atoms with Crippen LogP contribution in [-0.4, -0.2) is 38.2 Å². The third kappa shape index (κ3) is 8.29. The van der Waals surface area contributed by atoms with Crippen LogP contribution in [0.25, 0.3) is 251 Å². The lowest BCUT2D eigenvalue weighted by Crippen LogP contribution is -2.03. The maximum atomic E-state index is 7.09. The Morgan fingerprint density at radius 3 is 1.17 bits per heavy atom. The summed E-state index contributed by atoms with van der Waals surface area (Å²) in [6.45, 7) is 0. The molecule has 26 rings (SSSR count). The third-order valence-electron chi connectivity index (χ3n) is 24.2. The van der Waals surface area contributed by atoms with Crippen molar-refractivity contribution < 1.29 is 4.42 Å². The molecule has 0 bridgehead atoms. The molecule has 9 nitrogen and oxygen atoms in total. The molecule has 0 saturated carbocycles. The number of hydrogen-bond acceptors (Lipinski definition) is 6. The van der Waals surface area contributed by atoms with Crippen LogP contribution >= 0.6 is 11.3 Å². The van der Waals surface area contributed by atoms with E-state index in [9.17, 15) is 0 Å². The molecule has 0 unspecified atom stereocenters. The van der Waals surface area contributed by atoms with Crippen LogP contribution in [0.4, 0.5) is 0 Å². The van der Waals surface area contributed by atoms with Crippen LogP contribution in [0.3, 0.4) is 0 Å². The van der Waals surface area contributed by atoms with Gasteiger partial charge in [-0.2, -0.15) is 0 Å². The van der Waals surface area contributed by atoms with E-state index in [-0.39, 0.29) is 0 Å². The average molecular weight is 1470 g/mol. The Bertz CT molecular complexity index is 8750. The molecule has 526 valence electrons. The molecule has 0 spiro atoms. The van der Waals surface area contributed by atoms with Crippen LogP contribution in [0.1, 0.15) is 0 Å². The van der Waals surface area contributed by atoms with Gasteiger partial charge in [0, 0.05) is 103 Å². The second kappa shape index (κ2) is 23.2. The number of nitrogens with zero attached hydrogens (tertiary/aromatic N) is 8. The first-order valence-corrected chi connectivity index (χ1v) is 39.6. The smallest absolute Gasteiger partial charge is 0.197 e. The Hall–Kier alpha value is -15.1. The SMILES string of the molecule is c1ccc(-c2nc(-n3c4ccccc4c4c5c6ccccc6c6c(-c7cccc(-c8nc(-n9c%10ccccc%10c%10c%11c%12ccccc%12c%12ccccc%12c%11c%11c%12ccccc%12n(-c%12ccccc%12)c%11c%109)c9sc%10ccccc%10c9n8)c7)cccc6c5c5c6ccccc6n(-c6ccccc6)c5c43)c3oc4ccccc4c3n2)cc1. The maximum absolute atomic E-state index is 7.09. The van der Waals surface area contributed by atoms with Crippen LogP contribution in [0, 0.1) is 0 Å². The van der Waals surface area contributed by atoms with Crippen molar-refractivity contribution >= 4 is 206 Å². The van der Waals surface area contributed by atoms with Gasteiger partial charge in [-0.15, -0.1) is 11.3 Å². The number of hydrogen-bond donors (Lipinski definition) is 0. The lowest BCUT2D eigenvalue weighted by molar-refractivity contribution is 0.662. The van der Waals surface area contributed by atoms with E-state index >= 15 is 0 Å². The van der Waals surface area contributed by atoms with Crippen molar-refractivity contribution in [3.8, 4) is 56.9 Å². The van der Waals surface area contributed by atoms with E-state index in [2.05, 4.69) is 352 Å². The normalized spacial score (nSPS) is 12.4. The van der Waals surface area contributed by atoms with Crippen molar-refractivity contribution in [1.82, 2.24) is 38.2 Å². The second-order valence-corrected chi connectivity index (χ2v) is 31.1. The van der Waals surface area contributed by atoms with Crippen molar-refractivity contribution in [3.05, 3.63) is 352 Å². The Kier molecular flexibility index (Phi) is 12.6. The summed E-state index contributed by atoms with van der Waals surface area (Å²) in [6.07, 6.45) is 0. The Labute approximate surface area is 652 Å². The largest absolute Gasteiger partial charge is 0.450 e. The van der Waals surface area contributed by atoms with Gasteiger partial charge in [-0.05, 0) is 127 Å². The number of thiophene rings is 1. The predicted molar refractivity (Wildman–Crippen MR) is 476 cm³/mol. The van der Waals surface area contributed by atoms with Gasteiger partial charge < -0.3 is 13.6 Å². The van der Waals surface area contributed by atoms with Crippen LogP contribution in [0.2, 0.25) is 0 Å². The van der Waals surface area contributed by atoms with Crippen LogP contribution in [0.15, 0.2) is 356 Å². The molecule has 0 saturated heterocycles. The first-order valence-electron chi connectivity index (χ1n) is 38.8. The molecule has 8 heterocycles. The summed E-state index contributed by atoms with van der Waals surface area (Å²) in [4.78, 5) is 23.0. The molecular formula is C104H58N8OS. The minimum atomic E-state index is 0.613. The fourth-order valence-electron chi connectivity index (χ4n) is 19.8. The average Bonchev–Trinajstić information content (AvgIpc) is 1.50. The molecule has 0 aliphatic rings. The minimum absolute atomic E-state index is 0.613. The number of para-hydroxylation sites is 7. The lowest BCUT2D eigenvalue weighted by atomic mass is 9.86. The van der Waals surface area contributed by atoms with Crippen LogP contribution in [0.5, 0.6) is 0 Å². The van der Waals surface area contributed by atoms with Gasteiger partial charge in [0.25, 0.3) is 0 Å². The molecule has 0 aliphatic carbocycles. The fourth-order valence-corrected chi connectivity index (χ4v) is 20.9. The van der Waals surface area contributed by atoms with Crippen molar-refractivity contribution in [2.75, 3.05) is 0 Å². The monoisotopic (exact) mass is 1470 g/mol. The molecular weight excluding hydrogens is 1410 g/mol. The quantitative estimate of drug-likeness (QED) is 0.148. The summed E-state index contributed by atoms with van der Waals surface area (Å²) in [5.74, 6) is 2.74. The van der Waals surface area contributed by atoms with E-state index in [0.29, 0.717) is 23.0 Å². The summed E-state index contributed by atoms with van der Waals surface area (Å²) in [5, 5.41) is 25.5. The fraction of sp³-hybridized carbons (Fsp3) is 0. The first-order chi connectivity index (χ1) is 56.6. The van der Waals surface area contributed by atoms with Gasteiger partial charge in [-0.25, -0.2) is 19.9 Å². The number of aromatic nitrogens is 8. The van der Waals surface area contributed by atoms with Crippen molar-refractivity contribution in [2.45, 2.75) is 0 Å². The highest BCUT2D eigenvalue weighted by Gasteiger charge is 2.33.